The van der Waals surface area contributed by atoms with Crippen LogP contribution in [0.2, 0.25) is 0 Å². The molecule has 1 aromatic rings. The van der Waals surface area contributed by atoms with Crippen molar-refractivity contribution >= 4 is 6.09 Å². The van der Waals surface area contributed by atoms with Crippen molar-refractivity contribution in [2.45, 2.75) is 70.2 Å². The van der Waals surface area contributed by atoms with Crippen LogP contribution in [0.15, 0.2) is 24.3 Å². The van der Waals surface area contributed by atoms with Crippen LogP contribution in [0.5, 0.6) is 0 Å². The number of fused-ring (bicyclic) bond motifs is 1. The summed E-state index contributed by atoms with van der Waals surface area (Å²) in [6.07, 6.45) is 3.83. The van der Waals surface area contributed by atoms with E-state index in [-0.39, 0.29) is 18.2 Å². The number of rotatable bonds is 4. The van der Waals surface area contributed by atoms with Crippen LogP contribution in [0.3, 0.4) is 0 Å². The van der Waals surface area contributed by atoms with Crippen LogP contribution in [0.4, 0.5) is 4.79 Å². The summed E-state index contributed by atoms with van der Waals surface area (Å²) < 4.78 is 5.54. The van der Waals surface area contributed by atoms with E-state index in [4.69, 9.17) is 10.5 Å². The van der Waals surface area contributed by atoms with Gasteiger partial charge in [-0.1, -0.05) is 24.3 Å². The Labute approximate surface area is 150 Å². The van der Waals surface area contributed by atoms with Crippen LogP contribution in [0.25, 0.3) is 0 Å². The lowest BCUT2D eigenvalue weighted by Gasteiger charge is -2.29. The fourth-order valence-electron chi connectivity index (χ4n) is 3.99. The molecule has 0 saturated carbocycles. The standard InChI is InChI=1S/C20H31N3O2/c1-20(2,3)25-19(24)23-12-6-7-14(23)10-11-22-18-13-17(21)15-8-4-5-9-16(15)18/h4-5,8-9,14,17-18,22H,6-7,10-13,21H2,1-3H3. The Morgan fingerprint density at radius 2 is 2.04 bits per heavy atom. The average Bonchev–Trinajstić information content (AvgIpc) is 3.12. The smallest absolute Gasteiger partial charge is 0.410 e. The second-order valence-corrected chi connectivity index (χ2v) is 8.24. The summed E-state index contributed by atoms with van der Waals surface area (Å²) in [7, 11) is 0. The molecule has 3 N–H and O–H groups in total. The van der Waals surface area contributed by atoms with E-state index < -0.39 is 5.60 Å². The molecule has 3 unspecified atom stereocenters. The Hall–Kier alpha value is -1.59. The summed E-state index contributed by atoms with van der Waals surface area (Å²) in [5.74, 6) is 0. The van der Waals surface area contributed by atoms with Gasteiger partial charge in [-0.2, -0.15) is 0 Å². The van der Waals surface area contributed by atoms with Crippen LogP contribution >= 0.6 is 0 Å². The summed E-state index contributed by atoms with van der Waals surface area (Å²) in [5, 5.41) is 3.64. The van der Waals surface area contributed by atoms with E-state index in [2.05, 4.69) is 29.6 Å². The minimum Gasteiger partial charge on any atom is -0.444 e. The molecular weight excluding hydrogens is 314 g/mol. The monoisotopic (exact) mass is 345 g/mol. The third-order valence-electron chi connectivity index (χ3n) is 5.13. The zero-order valence-electron chi connectivity index (χ0n) is 15.6. The molecule has 0 bridgehead atoms. The van der Waals surface area contributed by atoms with Crippen LogP contribution in [-0.4, -0.2) is 35.7 Å². The number of hydrogen-bond donors (Lipinski definition) is 2. The molecule has 1 amide bonds. The highest BCUT2D eigenvalue weighted by molar-refractivity contribution is 5.68. The molecule has 1 heterocycles. The fraction of sp³-hybridized carbons (Fsp3) is 0.650. The third kappa shape index (κ3) is 4.33. The highest BCUT2D eigenvalue weighted by atomic mass is 16.6. The van der Waals surface area contributed by atoms with Gasteiger partial charge >= 0.3 is 6.09 Å². The van der Waals surface area contributed by atoms with Gasteiger partial charge in [-0.15, -0.1) is 0 Å². The maximum atomic E-state index is 12.4. The molecule has 5 nitrogen and oxygen atoms in total. The number of ether oxygens (including phenoxy) is 1. The molecule has 1 saturated heterocycles. The minimum atomic E-state index is -0.438. The maximum Gasteiger partial charge on any atom is 0.410 e. The van der Waals surface area contributed by atoms with E-state index in [1.54, 1.807) is 0 Å². The van der Waals surface area contributed by atoms with Gasteiger partial charge in [0.1, 0.15) is 5.60 Å². The topological polar surface area (TPSA) is 67.6 Å². The number of likely N-dealkylation sites (tertiary alicyclic amines) is 1. The first-order chi connectivity index (χ1) is 11.8. The van der Waals surface area contributed by atoms with Gasteiger partial charge in [0.25, 0.3) is 0 Å². The van der Waals surface area contributed by atoms with Crippen LogP contribution in [0.1, 0.15) is 69.7 Å². The second kappa shape index (κ2) is 7.34. The van der Waals surface area contributed by atoms with Crippen molar-refractivity contribution < 1.29 is 9.53 Å². The van der Waals surface area contributed by atoms with E-state index in [1.165, 1.54) is 11.1 Å². The van der Waals surface area contributed by atoms with Gasteiger partial charge in [0.2, 0.25) is 0 Å². The van der Waals surface area contributed by atoms with E-state index in [1.807, 2.05) is 25.7 Å². The lowest BCUT2D eigenvalue weighted by Crippen LogP contribution is -2.41. The van der Waals surface area contributed by atoms with Gasteiger partial charge in [-0.25, -0.2) is 4.79 Å². The lowest BCUT2D eigenvalue weighted by atomic mass is 10.1. The van der Waals surface area contributed by atoms with Crippen molar-refractivity contribution in [3.63, 3.8) is 0 Å². The van der Waals surface area contributed by atoms with Crippen molar-refractivity contribution in [2.24, 2.45) is 5.73 Å². The highest BCUT2D eigenvalue weighted by Crippen LogP contribution is 2.37. The molecule has 3 atom stereocenters. The molecule has 1 aromatic carbocycles. The Morgan fingerprint density at radius 1 is 1.32 bits per heavy atom. The molecule has 0 spiro atoms. The molecule has 1 fully saturated rings. The fourth-order valence-corrected chi connectivity index (χ4v) is 3.99. The molecule has 0 aromatic heterocycles. The van der Waals surface area contributed by atoms with Crippen LogP contribution in [-0.2, 0) is 4.74 Å². The Balaban J connectivity index is 1.51. The van der Waals surface area contributed by atoms with Crippen molar-refractivity contribution in [2.75, 3.05) is 13.1 Å². The van der Waals surface area contributed by atoms with Gasteiger partial charge in [-0.05, 0) is 64.1 Å². The molecule has 138 valence electrons. The molecule has 5 heteroatoms. The second-order valence-electron chi connectivity index (χ2n) is 8.24. The van der Waals surface area contributed by atoms with Gasteiger partial charge in [0, 0.05) is 24.7 Å². The number of amides is 1. The number of nitrogens with two attached hydrogens (primary N) is 1. The molecule has 3 rings (SSSR count). The number of hydrogen-bond acceptors (Lipinski definition) is 4. The normalized spacial score (nSPS) is 25.9. The summed E-state index contributed by atoms with van der Waals surface area (Å²) in [4.78, 5) is 14.3. The predicted octanol–water partition coefficient (Wildman–Crippen LogP) is 3.51. The minimum absolute atomic E-state index is 0.124. The maximum absolute atomic E-state index is 12.4. The quantitative estimate of drug-likeness (QED) is 0.876. The van der Waals surface area contributed by atoms with Crippen molar-refractivity contribution in [3.8, 4) is 0 Å². The Bertz CT molecular complexity index is 611. The Kier molecular flexibility index (Phi) is 5.35. The first-order valence-electron chi connectivity index (χ1n) is 9.42. The predicted molar refractivity (Wildman–Crippen MR) is 99.3 cm³/mol. The molecule has 0 radical (unpaired) electrons. The van der Waals surface area contributed by atoms with Crippen molar-refractivity contribution in [3.05, 3.63) is 35.4 Å². The van der Waals surface area contributed by atoms with Gasteiger partial charge < -0.3 is 20.7 Å². The highest BCUT2D eigenvalue weighted by Gasteiger charge is 2.32. The summed E-state index contributed by atoms with van der Waals surface area (Å²) in [5.41, 5.74) is 8.39. The van der Waals surface area contributed by atoms with E-state index >= 15 is 0 Å². The zero-order chi connectivity index (χ0) is 18.0. The molecule has 1 aliphatic heterocycles. The van der Waals surface area contributed by atoms with Crippen molar-refractivity contribution in [1.29, 1.82) is 0 Å². The number of nitrogens with one attached hydrogen (secondary N) is 1. The van der Waals surface area contributed by atoms with Gasteiger partial charge in [-0.3, -0.25) is 0 Å². The third-order valence-corrected chi connectivity index (χ3v) is 5.13. The lowest BCUT2D eigenvalue weighted by molar-refractivity contribution is 0.0220. The number of nitrogens with zero attached hydrogens (tertiary/aromatic N) is 1. The molecular formula is C20H31N3O2. The van der Waals surface area contributed by atoms with Crippen molar-refractivity contribution in [1.82, 2.24) is 10.2 Å². The molecule has 2 aliphatic rings. The van der Waals surface area contributed by atoms with Crippen LogP contribution in [0, 0.1) is 0 Å². The summed E-state index contributed by atoms with van der Waals surface area (Å²) in [6.45, 7) is 7.43. The van der Waals surface area contributed by atoms with Gasteiger partial charge in [0.05, 0.1) is 0 Å². The Morgan fingerprint density at radius 3 is 2.76 bits per heavy atom. The van der Waals surface area contributed by atoms with Gasteiger partial charge in [0.15, 0.2) is 0 Å². The SMILES string of the molecule is CC(C)(C)OC(=O)N1CCCC1CCNC1CC(N)c2ccccc21. The summed E-state index contributed by atoms with van der Waals surface area (Å²) >= 11 is 0. The number of carbonyl (C=O) groups is 1. The first kappa shape index (κ1) is 18.2. The zero-order valence-corrected chi connectivity index (χ0v) is 15.6. The average molecular weight is 345 g/mol. The molecule has 1 aliphatic carbocycles. The van der Waals surface area contributed by atoms with E-state index in [0.29, 0.717) is 6.04 Å². The largest absolute Gasteiger partial charge is 0.444 e. The van der Waals surface area contributed by atoms with Crippen LogP contribution < -0.4 is 11.1 Å². The van der Waals surface area contributed by atoms with E-state index in [9.17, 15) is 4.79 Å². The molecule has 25 heavy (non-hydrogen) atoms. The number of carbonyl (C=O) groups excluding carboxylic acids is 1. The summed E-state index contributed by atoms with van der Waals surface area (Å²) in [6, 6.07) is 9.14. The first-order valence-corrected chi connectivity index (χ1v) is 9.42. The van der Waals surface area contributed by atoms with E-state index in [0.717, 1.165) is 38.8 Å². The number of benzene rings is 1.